The predicted octanol–water partition coefficient (Wildman–Crippen LogP) is 1.50. The maximum absolute atomic E-state index is 11.9. The molecule has 0 saturated carbocycles. The van der Waals surface area contributed by atoms with Crippen LogP contribution in [-0.2, 0) is 14.8 Å². The average Bonchev–Trinajstić information content (AvgIpc) is 2.62. The molecule has 0 aromatic carbocycles. The van der Waals surface area contributed by atoms with Gasteiger partial charge in [-0.1, -0.05) is 11.6 Å². The summed E-state index contributed by atoms with van der Waals surface area (Å²) in [5.41, 5.74) is 0. The highest BCUT2D eigenvalue weighted by atomic mass is 35.5. The Morgan fingerprint density at radius 1 is 1.56 bits per heavy atom. The average molecular weight is 284 g/mol. The van der Waals surface area contributed by atoms with Gasteiger partial charge in [-0.25, -0.2) is 8.42 Å². The Bertz CT molecular complexity index is 496. The number of aliphatic carboxylic acids is 1. The van der Waals surface area contributed by atoms with E-state index in [1.807, 2.05) is 0 Å². The first-order valence-corrected chi connectivity index (χ1v) is 6.86. The molecular formula is C8H10ClNO4S2. The number of carboxylic acid groups (broad SMARTS) is 1. The predicted molar refractivity (Wildman–Crippen MR) is 61.4 cm³/mol. The number of likely N-dealkylation sites (N-methyl/N-ethyl adjacent to an activating group) is 1. The van der Waals surface area contributed by atoms with Gasteiger partial charge >= 0.3 is 5.97 Å². The Morgan fingerprint density at radius 3 is 2.50 bits per heavy atom. The molecule has 8 heteroatoms. The lowest BCUT2D eigenvalue weighted by Gasteiger charge is -2.19. The lowest BCUT2D eigenvalue weighted by atomic mass is 10.4. The Morgan fingerprint density at radius 2 is 2.12 bits per heavy atom. The van der Waals surface area contributed by atoms with E-state index in [1.165, 1.54) is 26.1 Å². The van der Waals surface area contributed by atoms with Crippen molar-refractivity contribution < 1.29 is 18.3 Å². The van der Waals surface area contributed by atoms with Crippen molar-refractivity contribution in [1.82, 2.24) is 4.31 Å². The van der Waals surface area contributed by atoms with Crippen LogP contribution in [0.2, 0.25) is 4.34 Å². The van der Waals surface area contributed by atoms with E-state index in [0.717, 1.165) is 15.6 Å². The van der Waals surface area contributed by atoms with Crippen LogP contribution in [-0.4, -0.2) is 36.9 Å². The van der Waals surface area contributed by atoms with Crippen molar-refractivity contribution in [2.45, 2.75) is 17.2 Å². The molecule has 1 aromatic heterocycles. The van der Waals surface area contributed by atoms with E-state index in [2.05, 4.69) is 0 Å². The van der Waals surface area contributed by atoms with Gasteiger partial charge in [0.1, 0.15) is 10.3 Å². The van der Waals surface area contributed by atoms with E-state index in [-0.39, 0.29) is 4.21 Å². The van der Waals surface area contributed by atoms with Crippen molar-refractivity contribution in [3.63, 3.8) is 0 Å². The largest absolute Gasteiger partial charge is 0.480 e. The van der Waals surface area contributed by atoms with Gasteiger partial charge in [-0.3, -0.25) is 4.79 Å². The SMILES string of the molecule is CC(C(=O)O)N(C)S(=O)(=O)c1ccc(Cl)s1. The first-order valence-electron chi connectivity index (χ1n) is 4.23. The second-order valence-corrected chi connectivity index (χ2v) is 7.03. The maximum atomic E-state index is 11.9. The highest BCUT2D eigenvalue weighted by Gasteiger charge is 2.30. The Labute approximate surface area is 102 Å². The number of halogens is 1. The Kier molecular flexibility index (Phi) is 3.95. The second-order valence-electron chi connectivity index (χ2n) is 3.09. The highest BCUT2D eigenvalue weighted by molar-refractivity contribution is 7.91. The van der Waals surface area contributed by atoms with Gasteiger partial charge in [-0.05, 0) is 19.1 Å². The van der Waals surface area contributed by atoms with E-state index in [4.69, 9.17) is 16.7 Å². The van der Waals surface area contributed by atoms with Crippen LogP contribution in [0.3, 0.4) is 0 Å². The maximum Gasteiger partial charge on any atom is 0.321 e. The van der Waals surface area contributed by atoms with Crippen molar-refractivity contribution in [3.05, 3.63) is 16.5 Å². The number of nitrogens with zero attached hydrogens (tertiary/aromatic N) is 1. The zero-order valence-electron chi connectivity index (χ0n) is 8.55. The summed E-state index contributed by atoms with van der Waals surface area (Å²) < 4.78 is 25.0. The zero-order chi connectivity index (χ0) is 12.5. The minimum Gasteiger partial charge on any atom is -0.480 e. The van der Waals surface area contributed by atoms with Crippen LogP contribution in [0.5, 0.6) is 0 Å². The van der Waals surface area contributed by atoms with Gasteiger partial charge in [0, 0.05) is 7.05 Å². The van der Waals surface area contributed by atoms with Crippen LogP contribution in [0.25, 0.3) is 0 Å². The van der Waals surface area contributed by atoms with Gasteiger partial charge in [-0.15, -0.1) is 11.3 Å². The summed E-state index contributed by atoms with van der Waals surface area (Å²) in [7, 11) is -2.55. The van der Waals surface area contributed by atoms with Gasteiger partial charge in [0.05, 0.1) is 4.34 Å². The van der Waals surface area contributed by atoms with Crippen molar-refractivity contribution in [1.29, 1.82) is 0 Å². The first kappa shape index (κ1) is 13.4. The Balaban J connectivity index is 3.08. The fourth-order valence-corrected chi connectivity index (χ4v) is 3.93. The van der Waals surface area contributed by atoms with E-state index in [1.54, 1.807) is 0 Å². The summed E-state index contributed by atoms with van der Waals surface area (Å²) in [6.07, 6.45) is 0. The van der Waals surface area contributed by atoms with E-state index in [0.29, 0.717) is 4.34 Å². The highest BCUT2D eigenvalue weighted by Crippen LogP contribution is 2.28. The quantitative estimate of drug-likeness (QED) is 0.908. The molecule has 16 heavy (non-hydrogen) atoms. The summed E-state index contributed by atoms with van der Waals surface area (Å²) in [4.78, 5) is 10.7. The molecule has 0 amide bonds. The van der Waals surface area contributed by atoms with Crippen molar-refractivity contribution in [3.8, 4) is 0 Å². The molecule has 1 heterocycles. The number of carboxylic acids is 1. The molecule has 0 aliphatic carbocycles. The molecule has 1 N–H and O–H groups in total. The van der Waals surface area contributed by atoms with Crippen LogP contribution in [0.4, 0.5) is 0 Å². The number of rotatable bonds is 4. The minimum atomic E-state index is -3.78. The lowest BCUT2D eigenvalue weighted by Crippen LogP contribution is -2.39. The van der Waals surface area contributed by atoms with Crippen molar-refractivity contribution in [2.24, 2.45) is 0 Å². The van der Waals surface area contributed by atoms with Gasteiger partial charge in [0.2, 0.25) is 0 Å². The molecule has 0 bridgehead atoms. The fraction of sp³-hybridized carbons (Fsp3) is 0.375. The molecule has 1 rings (SSSR count). The molecule has 5 nitrogen and oxygen atoms in total. The molecule has 1 atom stereocenters. The standard InChI is InChI=1S/C8H10ClNO4S2/c1-5(8(11)12)10(2)16(13,14)7-4-3-6(9)15-7/h3-5H,1-2H3,(H,11,12). The van der Waals surface area contributed by atoms with Gasteiger partial charge in [0.25, 0.3) is 10.0 Å². The van der Waals surface area contributed by atoms with E-state index < -0.39 is 22.0 Å². The number of thiophene rings is 1. The number of hydrogen-bond donors (Lipinski definition) is 1. The molecule has 0 radical (unpaired) electrons. The monoisotopic (exact) mass is 283 g/mol. The molecule has 1 aromatic rings. The summed E-state index contributed by atoms with van der Waals surface area (Å²) >= 11 is 6.53. The molecule has 0 spiro atoms. The number of hydrogen-bond acceptors (Lipinski definition) is 4. The second kappa shape index (κ2) is 4.70. The third-order valence-electron chi connectivity index (χ3n) is 2.08. The first-order chi connectivity index (χ1) is 7.26. The van der Waals surface area contributed by atoms with Crippen molar-refractivity contribution >= 4 is 38.9 Å². The summed E-state index contributed by atoms with van der Waals surface area (Å²) in [5, 5.41) is 8.74. The van der Waals surface area contributed by atoms with Crippen LogP contribution in [0, 0.1) is 0 Å². The molecule has 90 valence electrons. The third-order valence-corrected chi connectivity index (χ3v) is 5.71. The fourth-order valence-electron chi connectivity index (χ4n) is 0.942. The van der Waals surface area contributed by atoms with E-state index >= 15 is 0 Å². The lowest BCUT2D eigenvalue weighted by molar-refractivity contribution is -0.140. The van der Waals surface area contributed by atoms with Gasteiger partial charge < -0.3 is 5.11 Å². The van der Waals surface area contributed by atoms with Crippen LogP contribution >= 0.6 is 22.9 Å². The zero-order valence-corrected chi connectivity index (χ0v) is 10.9. The molecule has 0 aliphatic rings. The van der Waals surface area contributed by atoms with Gasteiger partial charge in [-0.2, -0.15) is 4.31 Å². The van der Waals surface area contributed by atoms with E-state index in [9.17, 15) is 13.2 Å². The summed E-state index contributed by atoms with van der Waals surface area (Å²) in [6, 6.07) is 1.69. The Hall–Kier alpha value is -0.630. The van der Waals surface area contributed by atoms with Crippen LogP contribution in [0.15, 0.2) is 16.3 Å². The summed E-state index contributed by atoms with van der Waals surface area (Å²) in [6.45, 7) is 1.30. The van der Waals surface area contributed by atoms with Gasteiger partial charge in [0.15, 0.2) is 0 Å². The minimum absolute atomic E-state index is 0.0353. The molecule has 0 saturated heterocycles. The van der Waals surface area contributed by atoms with Crippen LogP contribution in [0.1, 0.15) is 6.92 Å². The van der Waals surface area contributed by atoms with Crippen LogP contribution < -0.4 is 0 Å². The normalized spacial score (nSPS) is 14.0. The summed E-state index contributed by atoms with van der Waals surface area (Å²) in [5.74, 6) is -1.20. The molecule has 0 aliphatic heterocycles. The smallest absolute Gasteiger partial charge is 0.321 e. The molecule has 0 fully saturated rings. The number of carbonyl (C=O) groups is 1. The molecular weight excluding hydrogens is 274 g/mol. The molecule has 1 unspecified atom stereocenters. The third kappa shape index (κ3) is 2.54. The topological polar surface area (TPSA) is 74.7 Å². The van der Waals surface area contributed by atoms with Crippen molar-refractivity contribution in [2.75, 3.05) is 7.05 Å². The number of sulfonamides is 1.